The molecular weight excluding hydrogens is 428 g/mol. The van der Waals surface area contributed by atoms with E-state index >= 15 is 0 Å². The van der Waals surface area contributed by atoms with E-state index < -0.39 is 0 Å². The Kier molecular flexibility index (Phi) is 6.90. The number of nitrogens with one attached hydrogen (secondary N) is 2. The number of rotatable bonds is 5. The van der Waals surface area contributed by atoms with Crippen molar-refractivity contribution in [1.29, 1.82) is 5.26 Å². The molecule has 2 amide bonds. The number of hydrogen-bond donors (Lipinski definition) is 2. The molecule has 2 heterocycles. The Morgan fingerprint density at radius 2 is 1.68 bits per heavy atom. The van der Waals surface area contributed by atoms with Crippen molar-refractivity contribution in [2.45, 2.75) is 6.92 Å². The van der Waals surface area contributed by atoms with Gasteiger partial charge in [-0.15, -0.1) is 0 Å². The van der Waals surface area contributed by atoms with Gasteiger partial charge in [-0.3, -0.25) is 0 Å². The summed E-state index contributed by atoms with van der Waals surface area (Å²) in [7, 11) is 4.08. The number of carbonyl (C=O) groups excluding carboxylic acids is 1. The Bertz CT molecular complexity index is 1210. The normalized spacial score (nSPS) is 13.8. The second-order valence-corrected chi connectivity index (χ2v) is 8.30. The van der Waals surface area contributed by atoms with Crippen LogP contribution in [-0.4, -0.2) is 61.2 Å². The van der Waals surface area contributed by atoms with Gasteiger partial charge in [-0.1, -0.05) is 12.1 Å². The van der Waals surface area contributed by atoms with Crippen LogP contribution >= 0.6 is 0 Å². The van der Waals surface area contributed by atoms with Crippen LogP contribution in [0.3, 0.4) is 0 Å². The number of nitriles is 1. The molecule has 0 aliphatic carbocycles. The third-order valence-corrected chi connectivity index (χ3v) is 5.72. The largest absolute Gasteiger partial charge is 0.354 e. The Hall–Kier alpha value is -4.16. The predicted molar refractivity (Wildman–Crippen MR) is 135 cm³/mol. The second-order valence-electron chi connectivity index (χ2n) is 8.30. The molecule has 1 saturated heterocycles. The summed E-state index contributed by atoms with van der Waals surface area (Å²) in [6, 6.07) is 18.0. The topological polar surface area (TPSA) is 100 Å². The zero-order valence-electron chi connectivity index (χ0n) is 19.6. The Balaban J connectivity index is 1.48. The van der Waals surface area contributed by atoms with Crippen LogP contribution < -0.4 is 20.4 Å². The molecule has 2 N–H and O–H groups in total. The SMILES string of the molecule is Cc1nc(N2CCN(C)CC2)cc(N(C)c2cccc(NC(=O)Nc3cccc(C#N)c3)c2)n1. The van der Waals surface area contributed by atoms with E-state index in [0.29, 0.717) is 22.8 Å². The molecule has 1 aliphatic heterocycles. The van der Waals surface area contributed by atoms with E-state index in [0.717, 1.165) is 43.5 Å². The maximum Gasteiger partial charge on any atom is 0.323 e. The zero-order valence-corrected chi connectivity index (χ0v) is 19.6. The molecule has 1 aliphatic rings. The first-order valence-electron chi connectivity index (χ1n) is 11.1. The lowest BCUT2D eigenvalue weighted by molar-refractivity contribution is 0.262. The lowest BCUT2D eigenvalue weighted by Gasteiger charge is -2.33. The minimum absolute atomic E-state index is 0.384. The van der Waals surface area contributed by atoms with Crippen LogP contribution in [-0.2, 0) is 0 Å². The summed E-state index contributed by atoms with van der Waals surface area (Å²) in [4.78, 5) is 28.3. The molecule has 0 atom stereocenters. The van der Waals surface area contributed by atoms with Gasteiger partial charge in [0.25, 0.3) is 0 Å². The molecule has 1 fully saturated rings. The second kappa shape index (κ2) is 10.2. The first-order chi connectivity index (χ1) is 16.4. The molecule has 1 aromatic heterocycles. The van der Waals surface area contributed by atoms with Crippen molar-refractivity contribution in [3.8, 4) is 6.07 Å². The van der Waals surface area contributed by atoms with Gasteiger partial charge in [0, 0.05) is 56.4 Å². The van der Waals surface area contributed by atoms with Gasteiger partial charge >= 0.3 is 6.03 Å². The molecular formula is C25H28N8O. The number of nitrogens with zero attached hydrogens (tertiary/aromatic N) is 6. The van der Waals surface area contributed by atoms with E-state index in [9.17, 15) is 4.79 Å². The van der Waals surface area contributed by atoms with Gasteiger partial charge in [0.2, 0.25) is 0 Å². The molecule has 3 aromatic rings. The fourth-order valence-electron chi connectivity index (χ4n) is 3.79. The average Bonchev–Trinajstić information content (AvgIpc) is 2.84. The highest BCUT2D eigenvalue weighted by Gasteiger charge is 2.18. The number of aryl methyl sites for hydroxylation is 1. The number of aromatic nitrogens is 2. The van der Waals surface area contributed by atoms with Crippen molar-refractivity contribution in [3.05, 3.63) is 66.0 Å². The molecule has 174 valence electrons. The van der Waals surface area contributed by atoms with Crippen molar-refractivity contribution >= 4 is 34.7 Å². The fourth-order valence-corrected chi connectivity index (χ4v) is 3.79. The third kappa shape index (κ3) is 5.60. The standard InChI is InChI=1S/C25H28N8O/c1-18-27-23(16-24(28-18)33-12-10-31(2)11-13-33)32(3)22-9-5-8-21(15-22)30-25(34)29-20-7-4-6-19(14-20)17-26/h4-9,14-16H,10-13H2,1-3H3,(H2,29,30,34). The summed E-state index contributed by atoms with van der Waals surface area (Å²) < 4.78 is 0. The molecule has 9 heteroatoms. The highest BCUT2D eigenvalue weighted by atomic mass is 16.2. The van der Waals surface area contributed by atoms with Gasteiger partial charge < -0.3 is 25.3 Å². The smallest absolute Gasteiger partial charge is 0.323 e. The van der Waals surface area contributed by atoms with Crippen LogP contribution in [0.15, 0.2) is 54.6 Å². The summed E-state index contributed by atoms with van der Waals surface area (Å²) in [5.74, 6) is 2.43. The lowest BCUT2D eigenvalue weighted by Crippen LogP contribution is -2.45. The number of urea groups is 1. The third-order valence-electron chi connectivity index (χ3n) is 5.72. The van der Waals surface area contributed by atoms with E-state index in [1.165, 1.54) is 0 Å². The van der Waals surface area contributed by atoms with Crippen molar-refractivity contribution < 1.29 is 4.79 Å². The predicted octanol–water partition coefficient (Wildman–Crippen LogP) is 3.82. The Morgan fingerprint density at radius 3 is 2.38 bits per heavy atom. The Labute approximate surface area is 199 Å². The fraction of sp³-hybridized carbons (Fsp3) is 0.280. The van der Waals surface area contributed by atoms with E-state index in [-0.39, 0.29) is 6.03 Å². The van der Waals surface area contributed by atoms with Gasteiger partial charge in [0.15, 0.2) is 0 Å². The summed E-state index contributed by atoms with van der Waals surface area (Å²) in [5, 5.41) is 14.6. The highest BCUT2D eigenvalue weighted by molar-refractivity contribution is 6.00. The minimum Gasteiger partial charge on any atom is -0.354 e. The molecule has 0 bridgehead atoms. The van der Waals surface area contributed by atoms with Gasteiger partial charge in [-0.2, -0.15) is 5.26 Å². The van der Waals surface area contributed by atoms with Gasteiger partial charge in [0.05, 0.1) is 11.6 Å². The summed E-state index contributed by atoms with van der Waals surface area (Å²) in [6.07, 6.45) is 0. The number of hydrogen-bond acceptors (Lipinski definition) is 7. The number of amides is 2. The van der Waals surface area contributed by atoms with Gasteiger partial charge in [-0.05, 0) is 50.4 Å². The first-order valence-corrected chi connectivity index (χ1v) is 11.1. The van der Waals surface area contributed by atoms with Crippen LogP contribution in [0.4, 0.5) is 33.5 Å². The summed E-state index contributed by atoms with van der Waals surface area (Å²) in [5.41, 5.74) is 2.56. The van der Waals surface area contributed by atoms with Crippen LogP contribution in [0, 0.1) is 18.3 Å². The van der Waals surface area contributed by atoms with Crippen LogP contribution in [0.1, 0.15) is 11.4 Å². The minimum atomic E-state index is -0.384. The highest BCUT2D eigenvalue weighted by Crippen LogP contribution is 2.27. The van der Waals surface area contributed by atoms with Crippen molar-refractivity contribution in [2.75, 3.05) is 60.7 Å². The van der Waals surface area contributed by atoms with Crippen molar-refractivity contribution in [2.24, 2.45) is 0 Å². The van der Waals surface area contributed by atoms with Crippen LogP contribution in [0.25, 0.3) is 0 Å². The van der Waals surface area contributed by atoms with Gasteiger partial charge in [0.1, 0.15) is 17.5 Å². The molecule has 34 heavy (non-hydrogen) atoms. The molecule has 0 spiro atoms. The number of likely N-dealkylation sites (N-methyl/N-ethyl adjacent to an activating group) is 1. The van der Waals surface area contributed by atoms with E-state index in [2.05, 4.69) is 43.5 Å². The number of anilines is 5. The van der Waals surface area contributed by atoms with E-state index in [1.807, 2.05) is 49.2 Å². The maximum absolute atomic E-state index is 12.5. The first kappa shape index (κ1) is 23.0. The average molecular weight is 457 g/mol. The zero-order chi connectivity index (χ0) is 24.1. The number of benzene rings is 2. The molecule has 0 unspecified atom stereocenters. The van der Waals surface area contributed by atoms with Gasteiger partial charge in [-0.25, -0.2) is 14.8 Å². The monoisotopic (exact) mass is 456 g/mol. The molecule has 4 rings (SSSR count). The summed E-state index contributed by atoms with van der Waals surface area (Å²) in [6.45, 7) is 5.78. The van der Waals surface area contributed by atoms with E-state index in [4.69, 9.17) is 5.26 Å². The maximum atomic E-state index is 12.5. The van der Waals surface area contributed by atoms with E-state index in [1.54, 1.807) is 24.3 Å². The van der Waals surface area contributed by atoms with Crippen LogP contribution in [0.2, 0.25) is 0 Å². The van der Waals surface area contributed by atoms with Crippen molar-refractivity contribution in [3.63, 3.8) is 0 Å². The van der Waals surface area contributed by atoms with Crippen molar-refractivity contribution in [1.82, 2.24) is 14.9 Å². The number of carbonyl (C=O) groups is 1. The molecule has 0 radical (unpaired) electrons. The Morgan fingerprint density at radius 1 is 1.00 bits per heavy atom. The molecule has 2 aromatic carbocycles. The lowest BCUT2D eigenvalue weighted by atomic mass is 10.2. The number of piperazine rings is 1. The molecule has 0 saturated carbocycles. The molecule has 9 nitrogen and oxygen atoms in total. The van der Waals surface area contributed by atoms with Crippen LogP contribution in [0.5, 0.6) is 0 Å². The summed E-state index contributed by atoms with van der Waals surface area (Å²) >= 11 is 0. The quantitative estimate of drug-likeness (QED) is 0.602.